The average Bonchev–Trinajstić information content (AvgIpc) is 2.69. The van der Waals surface area contributed by atoms with Crippen molar-refractivity contribution in [1.82, 2.24) is 10.2 Å². The molecule has 2 aliphatic rings. The Bertz CT molecular complexity index is 707. The highest BCUT2D eigenvalue weighted by molar-refractivity contribution is 7.93. The van der Waals surface area contributed by atoms with Gasteiger partial charge in [0, 0.05) is 38.4 Å². The molecule has 2 fully saturated rings. The molecule has 1 aromatic rings. The molecule has 6 nitrogen and oxygen atoms in total. The van der Waals surface area contributed by atoms with E-state index in [2.05, 4.69) is 28.8 Å². The molecular weight excluding hydrogens is 374 g/mol. The largest absolute Gasteiger partial charge is 0.488 e. The maximum Gasteiger partial charge on any atom is 0.235 e. The summed E-state index contributed by atoms with van der Waals surface area (Å²) in [5, 5.41) is 3.11. The van der Waals surface area contributed by atoms with Crippen LogP contribution < -0.4 is 14.8 Å². The van der Waals surface area contributed by atoms with Crippen molar-refractivity contribution in [3.63, 3.8) is 0 Å². The van der Waals surface area contributed by atoms with Crippen molar-refractivity contribution in [3.8, 4) is 5.75 Å². The fourth-order valence-electron chi connectivity index (χ4n) is 3.95. The third kappa shape index (κ3) is 6.36. The van der Waals surface area contributed by atoms with E-state index >= 15 is 0 Å². The van der Waals surface area contributed by atoms with Gasteiger partial charge in [-0.3, -0.25) is 4.72 Å². The van der Waals surface area contributed by atoms with Gasteiger partial charge in [-0.25, -0.2) is 8.42 Å². The third-order valence-electron chi connectivity index (χ3n) is 5.74. The van der Waals surface area contributed by atoms with Gasteiger partial charge in [0.1, 0.15) is 11.4 Å². The number of benzene rings is 1. The first kappa shape index (κ1) is 21.4. The number of anilines is 1. The number of nitrogens with one attached hydrogen (secondary N) is 2. The molecule has 0 unspecified atom stereocenters. The number of ether oxygens (including phenoxy) is 1. The Morgan fingerprint density at radius 3 is 2.39 bits per heavy atom. The predicted octanol–water partition coefficient (Wildman–Crippen LogP) is 3.21. The Morgan fingerprint density at radius 2 is 1.75 bits per heavy atom. The topological polar surface area (TPSA) is 70.7 Å². The number of nitrogens with zero attached hydrogens (tertiary/aromatic N) is 1. The Hall–Kier alpha value is -1.31. The quantitative estimate of drug-likeness (QED) is 0.690. The van der Waals surface area contributed by atoms with Crippen molar-refractivity contribution >= 4 is 15.7 Å². The van der Waals surface area contributed by atoms with Crippen molar-refractivity contribution < 1.29 is 13.2 Å². The normalized spacial score (nSPS) is 20.1. The Labute approximate surface area is 170 Å². The summed E-state index contributed by atoms with van der Waals surface area (Å²) in [5.74, 6) is 0.769. The molecule has 2 N–H and O–H groups in total. The number of hydrogen-bond donors (Lipinski definition) is 2. The maximum absolute atomic E-state index is 12.6. The Kier molecular flexibility index (Phi) is 7.23. The van der Waals surface area contributed by atoms with Crippen LogP contribution in [0.1, 0.15) is 52.4 Å². The van der Waals surface area contributed by atoms with E-state index in [4.69, 9.17) is 4.74 Å². The smallest absolute Gasteiger partial charge is 0.235 e. The standard InChI is InChI=1S/C21H35N3O3S/c1-21(2,12-15-24-16-13-22-14-17-24)27-19-10-8-18(9-11-19)23-28(25,26)20-6-4-3-5-7-20/h8-11,20,22-23H,3-7,12-17H2,1-2H3. The van der Waals surface area contributed by atoms with Gasteiger partial charge in [0.25, 0.3) is 0 Å². The van der Waals surface area contributed by atoms with E-state index in [1.54, 1.807) is 12.1 Å². The molecular formula is C21H35N3O3S. The molecule has 1 aromatic carbocycles. The lowest BCUT2D eigenvalue weighted by molar-refractivity contribution is 0.0809. The van der Waals surface area contributed by atoms with Crippen molar-refractivity contribution in [1.29, 1.82) is 0 Å². The molecule has 158 valence electrons. The van der Waals surface area contributed by atoms with Gasteiger partial charge < -0.3 is 15.0 Å². The van der Waals surface area contributed by atoms with E-state index in [0.29, 0.717) is 5.69 Å². The molecule has 3 rings (SSSR count). The second kappa shape index (κ2) is 9.46. The van der Waals surface area contributed by atoms with Gasteiger partial charge in [0.05, 0.1) is 5.25 Å². The van der Waals surface area contributed by atoms with Gasteiger partial charge in [0.15, 0.2) is 0 Å². The summed E-state index contributed by atoms with van der Waals surface area (Å²) in [5.41, 5.74) is 0.338. The summed E-state index contributed by atoms with van der Waals surface area (Å²) in [6.45, 7) is 9.52. The average molecular weight is 410 g/mol. The van der Waals surface area contributed by atoms with Gasteiger partial charge in [-0.15, -0.1) is 0 Å². The minimum absolute atomic E-state index is 0.263. The minimum atomic E-state index is -3.31. The molecule has 7 heteroatoms. The summed E-state index contributed by atoms with van der Waals surface area (Å²) in [7, 11) is -3.31. The van der Waals surface area contributed by atoms with Crippen molar-refractivity contribution in [2.75, 3.05) is 37.4 Å². The molecule has 0 radical (unpaired) electrons. The molecule has 1 saturated carbocycles. The zero-order valence-corrected chi connectivity index (χ0v) is 18.1. The zero-order valence-electron chi connectivity index (χ0n) is 17.2. The van der Waals surface area contributed by atoms with E-state index in [1.807, 2.05) is 12.1 Å². The number of sulfonamides is 1. The van der Waals surface area contributed by atoms with Crippen LogP contribution in [0.2, 0.25) is 0 Å². The van der Waals surface area contributed by atoms with Crippen LogP contribution in [0.4, 0.5) is 5.69 Å². The monoisotopic (exact) mass is 409 g/mol. The summed E-state index contributed by atoms with van der Waals surface area (Å²) in [4.78, 5) is 2.46. The molecule has 0 atom stereocenters. The van der Waals surface area contributed by atoms with Gasteiger partial charge in [0.2, 0.25) is 10.0 Å². The first-order chi connectivity index (χ1) is 13.3. The molecule has 0 spiro atoms. The molecule has 0 amide bonds. The van der Waals surface area contributed by atoms with E-state index in [1.165, 1.54) is 0 Å². The SMILES string of the molecule is CC(C)(CCN1CCNCC1)Oc1ccc(NS(=O)(=O)C2CCCCC2)cc1. The van der Waals surface area contributed by atoms with Crippen LogP contribution in [0.25, 0.3) is 0 Å². The van der Waals surface area contributed by atoms with Crippen LogP contribution in [0.5, 0.6) is 5.75 Å². The van der Waals surface area contributed by atoms with Crippen LogP contribution >= 0.6 is 0 Å². The fraction of sp³-hybridized carbons (Fsp3) is 0.714. The molecule has 1 aliphatic carbocycles. The number of hydrogen-bond acceptors (Lipinski definition) is 5. The van der Waals surface area contributed by atoms with E-state index in [9.17, 15) is 8.42 Å². The van der Waals surface area contributed by atoms with Crippen molar-refractivity contribution in [3.05, 3.63) is 24.3 Å². The summed E-state index contributed by atoms with van der Waals surface area (Å²) in [6.07, 6.45) is 5.61. The highest BCUT2D eigenvalue weighted by Gasteiger charge is 2.27. The molecule has 1 aliphatic heterocycles. The summed E-state index contributed by atoms with van der Waals surface area (Å²) >= 11 is 0. The summed E-state index contributed by atoms with van der Waals surface area (Å²) in [6, 6.07) is 7.29. The maximum atomic E-state index is 12.6. The van der Waals surface area contributed by atoms with Crippen LogP contribution in [0, 0.1) is 0 Å². The number of rotatable bonds is 8. The highest BCUT2D eigenvalue weighted by atomic mass is 32.2. The van der Waals surface area contributed by atoms with Crippen LogP contribution in [0.15, 0.2) is 24.3 Å². The fourth-order valence-corrected chi connectivity index (χ4v) is 5.53. The van der Waals surface area contributed by atoms with Crippen LogP contribution in [0.3, 0.4) is 0 Å². The zero-order chi connectivity index (χ0) is 20.0. The second-order valence-electron chi connectivity index (χ2n) is 8.63. The van der Waals surface area contributed by atoms with E-state index in [-0.39, 0.29) is 10.9 Å². The lowest BCUT2D eigenvalue weighted by atomic mass is 10.0. The van der Waals surface area contributed by atoms with Gasteiger partial charge in [-0.2, -0.15) is 0 Å². The van der Waals surface area contributed by atoms with E-state index in [0.717, 1.165) is 77.0 Å². The molecule has 1 heterocycles. The molecule has 0 aromatic heterocycles. The van der Waals surface area contributed by atoms with Gasteiger partial charge >= 0.3 is 0 Å². The minimum Gasteiger partial charge on any atom is -0.488 e. The molecule has 1 saturated heterocycles. The molecule has 28 heavy (non-hydrogen) atoms. The lowest BCUT2D eigenvalue weighted by Crippen LogP contribution is -2.45. The Balaban J connectivity index is 1.51. The van der Waals surface area contributed by atoms with Crippen molar-refractivity contribution in [2.45, 2.75) is 63.2 Å². The summed E-state index contributed by atoms with van der Waals surface area (Å²) < 4.78 is 34.0. The first-order valence-corrected chi connectivity index (χ1v) is 12.1. The Morgan fingerprint density at radius 1 is 1.11 bits per heavy atom. The number of piperazine rings is 1. The lowest BCUT2D eigenvalue weighted by Gasteiger charge is -2.32. The van der Waals surface area contributed by atoms with Gasteiger partial charge in [-0.1, -0.05) is 19.3 Å². The first-order valence-electron chi connectivity index (χ1n) is 10.6. The predicted molar refractivity (Wildman–Crippen MR) is 114 cm³/mol. The van der Waals surface area contributed by atoms with Crippen LogP contribution in [-0.2, 0) is 10.0 Å². The third-order valence-corrected chi connectivity index (χ3v) is 7.61. The highest BCUT2D eigenvalue weighted by Crippen LogP contribution is 2.27. The van der Waals surface area contributed by atoms with Crippen molar-refractivity contribution in [2.24, 2.45) is 0 Å². The van der Waals surface area contributed by atoms with Crippen LogP contribution in [-0.4, -0.2) is 56.9 Å². The van der Waals surface area contributed by atoms with Gasteiger partial charge in [-0.05, 0) is 57.4 Å². The van der Waals surface area contributed by atoms with E-state index < -0.39 is 10.0 Å². The molecule has 0 bridgehead atoms. The second-order valence-corrected chi connectivity index (χ2v) is 10.6.